The lowest BCUT2D eigenvalue weighted by Crippen LogP contribution is -2.25. The third-order valence-electron chi connectivity index (χ3n) is 5.05. The first-order valence-electron chi connectivity index (χ1n) is 9.33. The number of nitrogens with zero attached hydrogens (tertiary/aromatic N) is 3. The third kappa shape index (κ3) is 3.69. The van der Waals surface area contributed by atoms with Gasteiger partial charge in [0.25, 0.3) is 5.56 Å². The van der Waals surface area contributed by atoms with Crippen molar-refractivity contribution in [3.8, 4) is 5.69 Å². The molecule has 4 rings (SSSR count). The lowest BCUT2D eigenvalue weighted by molar-refractivity contribution is 0.630. The van der Waals surface area contributed by atoms with E-state index in [9.17, 15) is 4.79 Å². The summed E-state index contributed by atoms with van der Waals surface area (Å²) < 4.78 is 3.57. The standard InChI is InChI=1S/C23H21ClN4O/c1-16-21(23(29)28(27(16)2)19-8-4-3-5-9-19)22(17-11-13-18(24)14-12-17)26-20-10-6-7-15-25-20/h3-15,22H,1-2H3,(H,25,26)/t22-/m0/s1. The predicted octanol–water partition coefficient (Wildman–Crippen LogP) is 4.73. The van der Waals surface area contributed by atoms with E-state index < -0.39 is 0 Å². The number of benzene rings is 2. The molecule has 0 aliphatic carbocycles. The number of hydrogen-bond acceptors (Lipinski definition) is 3. The summed E-state index contributed by atoms with van der Waals surface area (Å²) in [4.78, 5) is 17.9. The molecule has 0 fully saturated rings. The highest BCUT2D eigenvalue weighted by atomic mass is 35.5. The third-order valence-corrected chi connectivity index (χ3v) is 5.30. The van der Waals surface area contributed by atoms with Crippen molar-refractivity contribution < 1.29 is 0 Å². The Labute approximate surface area is 174 Å². The first-order valence-corrected chi connectivity index (χ1v) is 9.71. The average Bonchev–Trinajstić information content (AvgIpc) is 2.97. The largest absolute Gasteiger partial charge is 0.359 e. The highest BCUT2D eigenvalue weighted by molar-refractivity contribution is 6.30. The molecule has 0 amide bonds. The topological polar surface area (TPSA) is 51.9 Å². The van der Waals surface area contributed by atoms with Crippen molar-refractivity contribution in [1.82, 2.24) is 14.3 Å². The summed E-state index contributed by atoms with van der Waals surface area (Å²) in [5.41, 5.74) is 3.24. The number of aromatic nitrogens is 3. The van der Waals surface area contributed by atoms with Crippen LogP contribution in [0.5, 0.6) is 0 Å². The summed E-state index contributed by atoms with van der Waals surface area (Å²) >= 11 is 6.09. The molecule has 0 unspecified atom stereocenters. The molecule has 2 aromatic carbocycles. The molecule has 0 spiro atoms. The molecule has 0 bridgehead atoms. The van der Waals surface area contributed by atoms with Crippen LogP contribution in [-0.4, -0.2) is 14.3 Å². The number of halogens is 1. The van der Waals surface area contributed by atoms with Crippen molar-refractivity contribution in [3.05, 3.63) is 111 Å². The predicted molar refractivity (Wildman–Crippen MR) is 117 cm³/mol. The second-order valence-electron chi connectivity index (χ2n) is 6.82. The van der Waals surface area contributed by atoms with Gasteiger partial charge in [-0.25, -0.2) is 9.67 Å². The van der Waals surface area contributed by atoms with Crippen molar-refractivity contribution in [2.24, 2.45) is 7.05 Å². The van der Waals surface area contributed by atoms with Crippen LogP contribution in [0.4, 0.5) is 5.82 Å². The second-order valence-corrected chi connectivity index (χ2v) is 7.26. The number of pyridine rings is 1. The van der Waals surface area contributed by atoms with Crippen molar-refractivity contribution in [2.75, 3.05) is 5.32 Å². The molecule has 1 N–H and O–H groups in total. The van der Waals surface area contributed by atoms with Crippen LogP contribution in [0.3, 0.4) is 0 Å². The smallest absolute Gasteiger partial charge is 0.277 e. The Morgan fingerprint density at radius 1 is 0.966 bits per heavy atom. The Morgan fingerprint density at radius 2 is 1.66 bits per heavy atom. The summed E-state index contributed by atoms with van der Waals surface area (Å²) in [6, 6.07) is 22.4. The van der Waals surface area contributed by atoms with E-state index in [0.29, 0.717) is 16.4 Å². The highest BCUT2D eigenvalue weighted by Crippen LogP contribution is 2.28. The molecule has 4 aromatic rings. The maximum Gasteiger partial charge on any atom is 0.277 e. The summed E-state index contributed by atoms with van der Waals surface area (Å²) in [5.74, 6) is 0.696. The number of para-hydroxylation sites is 1. The molecule has 0 saturated heterocycles. The van der Waals surface area contributed by atoms with Gasteiger partial charge in [-0.2, -0.15) is 0 Å². The fourth-order valence-electron chi connectivity index (χ4n) is 3.49. The molecular formula is C23H21ClN4O. The van der Waals surface area contributed by atoms with Gasteiger partial charge in [0.15, 0.2) is 0 Å². The maximum absolute atomic E-state index is 13.5. The fourth-order valence-corrected chi connectivity index (χ4v) is 3.62. The molecule has 5 nitrogen and oxygen atoms in total. The molecule has 0 radical (unpaired) electrons. The molecule has 0 aliphatic rings. The molecule has 1 atom stereocenters. The molecule has 0 saturated carbocycles. The van der Waals surface area contributed by atoms with E-state index in [1.54, 1.807) is 10.9 Å². The summed E-state index contributed by atoms with van der Waals surface area (Å²) in [5, 5.41) is 4.07. The van der Waals surface area contributed by atoms with E-state index in [2.05, 4.69) is 10.3 Å². The molecular weight excluding hydrogens is 384 g/mol. The van der Waals surface area contributed by atoms with Gasteiger partial charge >= 0.3 is 0 Å². The molecule has 2 heterocycles. The summed E-state index contributed by atoms with van der Waals surface area (Å²) in [6.45, 7) is 1.96. The van der Waals surface area contributed by atoms with Crippen LogP contribution >= 0.6 is 11.6 Å². The first kappa shape index (κ1) is 19.0. The van der Waals surface area contributed by atoms with Gasteiger partial charge in [-0.3, -0.25) is 9.48 Å². The monoisotopic (exact) mass is 404 g/mol. The van der Waals surface area contributed by atoms with Gasteiger partial charge in [0.05, 0.1) is 17.3 Å². The lowest BCUT2D eigenvalue weighted by atomic mass is 9.99. The minimum absolute atomic E-state index is 0.0698. The van der Waals surface area contributed by atoms with E-state index in [-0.39, 0.29) is 11.6 Å². The van der Waals surface area contributed by atoms with Crippen LogP contribution in [0.25, 0.3) is 5.69 Å². The van der Waals surface area contributed by atoms with Crippen molar-refractivity contribution in [3.63, 3.8) is 0 Å². The van der Waals surface area contributed by atoms with Gasteiger partial charge in [-0.15, -0.1) is 0 Å². The van der Waals surface area contributed by atoms with Gasteiger partial charge < -0.3 is 5.32 Å². The molecule has 146 valence electrons. The highest BCUT2D eigenvalue weighted by Gasteiger charge is 2.25. The normalized spacial score (nSPS) is 12.0. The van der Waals surface area contributed by atoms with Crippen LogP contribution in [0.2, 0.25) is 5.02 Å². The van der Waals surface area contributed by atoms with Gasteiger partial charge in [-0.05, 0) is 48.9 Å². The van der Waals surface area contributed by atoms with E-state index >= 15 is 0 Å². The molecule has 2 aromatic heterocycles. The van der Waals surface area contributed by atoms with Gasteiger partial charge in [-0.1, -0.05) is 48.0 Å². The zero-order chi connectivity index (χ0) is 20.4. The Morgan fingerprint density at radius 3 is 2.31 bits per heavy atom. The Balaban J connectivity index is 1.89. The van der Waals surface area contributed by atoms with Gasteiger partial charge in [0.1, 0.15) is 5.82 Å². The van der Waals surface area contributed by atoms with Crippen LogP contribution < -0.4 is 10.9 Å². The van der Waals surface area contributed by atoms with Crippen LogP contribution in [-0.2, 0) is 7.05 Å². The van der Waals surface area contributed by atoms with E-state index in [1.165, 1.54) is 0 Å². The fraction of sp³-hybridized carbons (Fsp3) is 0.130. The Kier molecular flexibility index (Phi) is 5.23. The zero-order valence-electron chi connectivity index (χ0n) is 16.2. The summed E-state index contributed by atoms with van der Waals surface area (Å²) in [7, 11) is 1.90. The average molecular weight is 405 g/mol. The van der Waals surface area contributed by atoms with E-state index in [1.807, 2.05) is 91.4 Å². The minimum Gasteiger partial charge on any atom is -0.359 e. The molecule has 6 heteroatoms. The minimum atomic E-state index is -0.370. The van der Waals surface area contributed by atoms with E-state index in [0.717, 1.165) is 16.9 Å². The van der Waals surface area contributed by atoms with Crippen molar-refractivity contribution >= 4 is 17.4 Å². The molecule has 0 aliphatic heterocycles. The van der Waals surface area contributed by atoms with Gasteiger partial charge in [0, 0.05) is 24.0 Å². The quantitative estimate of drug-likeness (QED) is 0.523. The Hall–Kier alpha value is -3.31. The second kappa shape index (κ2) is 7.97. The first-order chi connectivity index (χ1) is 14.1. The maximum atomic E-state index is 13.5. The van der Waals surface area contributed by atoms with Crippen molar-refractivity contribution in [2.45, 2.75) is 13.0 Å². The lowest BCUT2D eigenvalue weighted by Gasteiger charge is -2.19. The van der Waals surface area contributed by atoms with Gasteiger partial charge in [0.2, 0.25) is 0 Å². The zero-order valence-corrected chi connectivity index (χ0v) is 17.0. The number of hydrogen-bond donors (Lipinski definition) is 1. The number of anilines is 1. The number of rotatable bonds is 5. The van der Waals surface area contributed by atoms with Crippen LogP contribution in [0, 0.1) is 6.92 Å². The Bertz CT molecular complexity index is 1170. The van der Waals surface area contributed by atoms with Crippen LogP contribution in [0.1, 0.15) is 22.9 Å². The number of nitrogens with one attached hydrogen (secondary N) is 1. The molecule has 29 heavy (non-hydrogen) atoms. The van der Waals surface area contributed by atoms with Crippen molar-refractivity contribution in [1.29, 1.82) is 0 Å². The van der Waals surface area contributed by atoms with E-state index in [4.69, 9.17) is 11.6 Å². The summed E-state index contributed by atoms with van der Waals surface area (Å²) in [6.07, 6.45) is 1.72. The van der Waals surface area contributed by atoms with Crippen LogP contribution in [0.15, 0.2) is 83.8 Å². The SMILES string of the molecule is Cc1c([C@@H](Nc2ccccn2)c2ccc(Cl)cc2)c(=O)n(-c2ccccc2)n1C.